The summed E-state index contributed by atoms with van der Waals surface area (Å²) in [5.41, 5.74) is 3.66. The molecule has 0 bridgehead atoms. The SMILES string of the molecule is CC(C)(C)c1ccc(OCCCN2CCN(C(C)(C)C)CC2)cc1.CC(C)(C)c1cccc(OCCCN2CCN(C(C)(C)C)CC2)c1. The van der Waals surface area contributed by atoms with Gasteiger partial charge in [-0.3, -0.25) is 9.80 Å². The number of piperazine rings is 2. The Bertz CT molecular complexity index is 1180. The van der Waals surface area contributed by atoms with E-state index in [0.717, 1.165) is 50.6 Å². The second kappa shape index (κ2) is 17.7. The topological polar surface area (TPSA) is 31.4 Å². The van der Waals surface area contributed by atoms with Crippen LogP contribution in [0, 0.1) is 0 Å². The summed E-state index contributed by atoms with van der Waals surface area (Å²) in [7, 11) is 0. The zero-order valence-corrected chi connectivity index (χ0v) is 33.1. The van der Waals surface area contributed by atoms with Crippen molar-refractivity contribution in [3.63, 3.8) is 0 Å². The number of hydrogen-bond acceptors (Lipinski definition) is 6. The van der Waals surface area contributed by atoms with E-state index in [-0.39, 0.29) is 10.8 Å². The van der Waals surface area contributed by atoms with Gasteiger partial charge >= 0.3 is 0 Å². The van der Waals surface area contributed by atoms with Crippen LogP contribution in [0.3, 0.4) is 0 Å². The number of hydrogen-bond donors (Lipinski definition) is 0. The molecule has 272 valence electrons. The van der Waals surface area contributed by atoms with Crippen LogP contribution in [0.5, 0.6) is 11.5 Å². The van der Waals surface area contributed by atoms with Gasteiger partial charge in [0.1, 0.15) is 11.5 Å². The molecule has 6 heteroatoms. The Balaban J connectivity index is 0.000000260. The van der Waals surface area contributed by atoms with Gasteiger partial charge in [-0.1, -0.05) is 65.8 Å². The first kappa shape index (κ1) is 40.3. The van der Waals surface area contributed by atoms with E-state index < -0.39 is 0 Å². The summed E-state index contributed by atoms with van der Waals surface area (Å²) in [6, 6.07) is 17.1. The standard InChI is InChI=1S/2C21H36N2O/c1-20(2,3)18-8-10-19(11-9-18)24-17-7-12-22-13-15-23(16-14-22)21(4,5)6;1-20(2,3)18-9-7-10-19(17-18)24-16-8-11-22-12-14-23(15-13-22)21(4,5)6/h8-11H,7,12-17H2,1-6H3;7,9-10,17H,8,11-16H2,1-6H3. The van der Waals surface area contributed by atoms with Gasteiger partial charge < -0.3 is 19.3 Å². The maximum Gasteiger partial charge on any atom is 0.119 e. The number of nitrogens with zero attached hydrogens (tertiary/aromatic N) is 4. The summed E-state index contributed by atoms with van der Waals surface area (Å²) >= 11 is 0. The minimum Gasteiger partial charge on any atom is -0.494 e. The van der Waals surface area contributed by atoms with Gasteiger partial charge in [-0.15, -0.1) is 0 Å². The molecule has 2 aliphatic heterocycles. The smallest absolute Gasteiger partial charge is 0.119 e. The minimum absolute atomic E-state index is 0.173. The van der Waals surface area contributed by atoms with Crippen LogP contribution in [0.4, 0.5) is 0 Å². The Labute approximate surface area is 296 Å². The van der Waals surface area contributed by atoms with E-state index in [1.165, 1.54) is 63.5 Å². The van der Waals surface area contributed by atoms with Crippen molar-refractivity contribution < 1.29 is 9.47 Å². The molecular weight excluding hydrogens is 592 g/mol. The number of rotatable bonds is 10. The third-order valence-electron chi connectivity index (χ3n) is 9.84. The largest absolute Gasteiger partial charge is 0.494 e. The van der Waals surface area contributed by atoms with Gasteiger partial charge in [-0.2, -0.15) is 0 Å². The molecule has 0 amide bonds. The van der Waals surface area contributed by atoms with E-state index in [9.17, 15) is 0 Å². The van der Waals surface area contributed by atoms with Crippen molar-refractivity contribution >= 4 is 0 Å². The van der Waals surface area contributed by atoms with E-state index >= 15 is 0 Å². The van der Waals surface area contributed by atoms with Gasteiger partial charge in [-0.05, 0) is 101 Å². The molecule has 0 saturated carbocycles. The Kier molecular flexibility index (Phi) is 14.9. The van der Waals surface area contributed by atoms with Crippen LogP contribution in [0.15, 0.2) is 48.5 Å². The van der Waals surface area contributed by atoms with Gasteiger partial charge in [0, 0.05) is 76.5 Å². The van der Waals surface area contributed by atoms with Crippen molar-refractivity contribution in [3.8, 4) is 11.5 Å². The molecular formula is C42H72N4O2. The second-order valence-corrected chi connectivity index (χ2v) is 18.0. The second-order valence-electron chi connectivity index (χ2n) is 18.0. The molecule has 2 aliphatic rings. The highest BCUT2D eigenvalue weighted by Crippen LogP contribution is 2.26. The highest BCUT2D eigenvalue weighted by Gasteiger charge is 2.26. The lowest BCUT2D eigenvalue weighted by Gasteiger charge is -2.42. The number of ether oxygens (including phenoxy) is 2. The van der Waals surface area contributed by atoms with Crippen molar-refractivity contribution in [2.45, 2.75) is 118 Å². The summed E-state index contributed by atoms with van der Waals surface area (Å²) < 4.78 is 11.9. The van der Waals surface area contributed by atoms with Crippen LogP contribution >= 0.6 is 0 Å². The molecule has 0 unspecified atom stereocenters. The fraction of sp³-hybridized carbons (Fsp3) is 0.714. The molecule has 0 spiro atoms. The third-order valence-corrected chi connectivity index (χ3v) is 9.84. The molecule has 0 atom stereocenters. The number of benzene rings is 2. The van der Waals surface area contributed by atoms with Crippen molar-refractivity contribution in [1.82, 2.24) is 19.6 Å². The Morgan fingerprint density at radius 3 is 1.29 bits per heavy atom. The predicted octanol–water partition coefficient (Wildman–Crippen LogP) is 8.34. The molecule has 48 heavy (non-hydrogen) atoms. The van der Waals surface area contributed by atoms with Crippen molar-refractivity contribution in [2.75, 3.05) is 78.7 Å². The zero-order valence-electron chi connectivity index (χ0n) is 33.1. The average molecular weight is 665 g/mol. The van der Waals surface area contributed by atoms with Crippen LogP contribution in [0.1, 0.15) is 107 Å². The van der Waals surface area contributed by atoms with Crippen LogP contribution in [0.25, 0.3) is 0 Å². The maximum atomic E-state index is 5.97. The molecule has 2 fully saturated rings. The van der Waals surface area contributed by atoms with Crippen molar-refractivity contribution in [1.29, 1.82) is 0 Å². The lowest BCUT2D eigenvalue weighted by atomic mass is 9.87. The molecule has 4 rings (SSSR count). The van der Waals surface area contributed by atoms with E-state index in [4.69, 9.17) is 9.47 Å². The molecule has 0 aliphatic carbocycles. The first-order valence-corrected chi connectivity index (χ1v) is 18.7. The summed E-state index contributed by atoms with van der Waals surface area (Å²) in [6.07, 6.45) is 2.19. The Hall–Kier alpha value is -2.12. The highest BCUT2D eigenvalue weighted by molar-refractivity contribution is 5.33. The van der Waals surface area contributed by atoms with E-state index in [1.54, 1.807) is 0 Å². The van der Waals surface area contributed by atoms with E-state index in [1.807, 2.05) is 0 Å². The van der Waals surface area contributed by atoms with Gasteiger partial charge in [0.2, 0.25) is 0 Å². The van der Waals surface area contributed by atoms with Gasteiger partial charge in [0.15, 0.2) is 0 Å². The summed E-state index contributed by atoms with van der Waals surface area (Å²) in [4.78, 5) is 10.3. The van der Waals surface area contributed by atoms with Crippen LogP contribution in [0.2, 0.25) is 0 Å². The summed E-state index contributed by atoms with van der Waals surface area (Å²) in [5, 5.41) is 0. The average Bonchev–Trinajstić information content (AvgIpc) is 3.01. The molecule has 2 saturated heterocycles. The molecule has 2 aromatic rings. The molecule has 2 aromatic carbocycles. The molecule has 0 aromatic heterocycles. The zero-order chi connectivity index (χ0) is 35.6. The highest BCUT2D eigenvalue weighted by atomic mass is 16.5. The van der Waals surface area contributed by atoms with Crippen LogP contribution in [-0.2, 0) is 10.8 Å². The molecule has 0 N–H and O–H groups in total. The molecule has 0 radical (unpaired) electrons. The molecule has 2 heterocycles. The lowest BCUT2D eigenvalue weighted by Crippen LogP contribution is -2.53. The van der Waals surface area contributed by atoms with Gasteiger partial charge in [0.25, 0.3) is 0 Å². The first-order chi connectivity index (χ1) is 22.3. The normalized spacial score (nSPS) is 17.9. The first-order valence-electron chi connectivity index (χ1n) is 18.7. The third kappa shape index (κ3) is 14.0. The monoisotopic (exact) mass is 665 g/mol. The minimum atomic E-state index is 0.173. The molecule has 6 nitrogen and oxygen atoms in total. The van der Waals surface area contributed by atoms with E-state index in [0.29, 0.717) is 11.1 Å². The Morgan fingerprint density at radius 2 is 0.896 bits per heavy atom. The van der Waals surface area contributed by atoms with Crippen molar-refractivity contribution in [2.24, 2.45) is 0 Å². The predicted molar refractivity (Wildman–Crippen MR) is 206 cm³/mol. The fourth-order valence-electron chi connectivity index (χ4n) is 6.34. The lowest BCUT2D eigenvalue weighted by molar-refractivity contribution is 0.0601. The quantitative estimate of drug-likeness (QED) is 0.238. The van der Waals surface area contributed by atoms with Gasteiger partial charge in [0.05, 0.1) is 13.2 Å². The van der Waals surface area contributed by atoms with Gasteiger partial charge in [-0.25, -0.2) is 0 Å². The Morgan fingerprint density at radius 1 is 0.479 bits per heavy atom. The summed E-state index contributed by atoms with van der Waals surface area (Å²) in [5.74, 6) is 1.99. The fourth-order valence-corrected chi connectivity index (χ4v) is 6.34. The van der Waals surface area contributed by atoms with Crippen molar-refractivity contribution in [3.05, 3.63) is 59.7 Å². The maximum absolute atomic E-state index is 5.97. The van der Waals surface area contributed by atoms with Crippen LogP contribution in [-0.4, -0.2) is 109 Å². The van der Waals surface area contributed by atoms with Crippen LogP contribution < -0.4 is 9.47 Å². The van der Waals surface area contributed by atoms with E-state index in [2.05, 4.69) is 151 Å². The summed E-state index contributed by atoms with van der Waals surface area (Å²) in [6.45, 7) is 40.6.